The lowest BCUT2D eigenvalue weighted by molar-refractivity contribution is -0.136. The molecular weight excluding hydrogens is 477 g/mol. The summed E-state index contributed by atoms with van der Waals surface area (Å²) < 4.78 is 25.7. The number of amides is 1. The predicted octanol–water partition coefficient (Wildman–Crippen LogP) is 5.82. The van der Waals surface area contributed by atoms with E-state index in [9.17, 15) is 14.0 Å². The summed E-state index contributed by atoms with van der Waals surface area (Å²) in [4.78, 5) is 27.8. The van der Waals surface area contributed by atoms with Crippen molar-refractivity contribution < 1.29 is 28.0 Å². The van der Waals surface area contributed by atoms with Crippen molar-refractivity contribution in [3.8, 4) is 22.8 Å². The summed E-state index contributed by atoms with van der Waals surface area (Å²) in [5, 5.41) is 15.6. The minimum atomic E-state index is -0.960. The fourth-order valence-electron chi connectivity index (χ4n) is 3.49. The van der Waals surface area contributed by atoms with Crippen molar-refractivity contribution in [1.82, 2.24) is 10.1 Å². The van der Waals surface area contributed by atoms with Gasteiger partial charge in [0, 0.05) is 17.2 Å². The monoisotopic (exact) mass is 491 g/mol. The van der Waals surface area contributed by atoms with Crippen LogP contribution in [-0.4, -0.2) is 27.1 Å². The van der Waals surface area contributed by atoms with Crippen molar-refractivity contribution in [2.24, 2.45) is 0 Å². The fraction of sp³-hybridized carbons (Fsp3) is 0.0400. The van der Waals surface area contributed by atoms with Crippen molar-refractivity contribution in [1.29, 1.82) is 0 Å². The van der Waals surface area contributed by atoms with Gasteiger partial charge in [-0.1, -0.05) is 35.0 Å². The molecule has 0 aliphatic rings. The van der Waals surface area contributed by atoms with E-state index in [0.29, 0.717) is 38.6 Å². The highest BCUT2D eigenvalue weighted by Gasteiger charge is 2.18. The molecule has 10 heteroatoms. The van der Waals surface area contributed by atoms with E-state index in [2.05, 4.69) is 15.5 Å². The minimum Gasteiger partial charge on any atom is -0.481 e. The van der Waals surface area contributed by atoms with Crippen LogP contribution in [0.15, 0.2) is 75.7 Å². The van der Waals surface area contributed by atoms with Crippen LogP contribution in [-0.2, 0) is 11.2 Å². The van der Waals surface area contributed by atoms with E-state index in [1.165, 1.54) is 18.2 Å². The van der Waals surface area contributed by atoms with Crippen LogP contribution in [0.1, 0.15) is 16.1 Å². The molecule has 2 N–H and O–H groups in total. The molecule has 0 saturated heterocycles. The number of benzene rings is 3. The Morgan fingerprint density at radius 2 is 1.89 bits per heavy atom. The van der Waals surface area contributed by atoms with E-state index in [-0.39, 0.29) is 23.7 Å². The summed E-state index contributed by atoms with van der Waals surface area (Å²) in [6.45, 7) is 0. The van der Waals surface area contributed by atoms with Crippen LogP contribution in [0.4, 0.5) is 10.1 Å². The maximum absolute atomic E-state index is 14.8. The molecule has 1 amide bonds. The van der Waals surface area contributed by atoms with Gasteiger partial charge in [-0.05, 0) is 48.0 Å². The standard InChI is InChI=1S/C25H15ClFN3O5/c26-16-4-2-1-3-15(16)22-12-20(30-35-22)24(33)28-18-7-6-14(11-17(18)27)25-29-19-9-13(10-23(31)32)5-8-21(19)34-25/h1-9,11-12H,10H2,(H,28,33)(H,31,32). The summed E-state index contributed by atoms with van der Waals surface area (Å²) in [7, 11) is 0. The average molecular weight is 492 g/mol. The number of halogens is 2. The second-order valence-electron chi connectivity index (χ2n) is 7.60. The molecule has 8 nitrogen and oxygen atoms in total. The maximum Gasteiger partial charge on any atom is 0.307 e. The first-order valence-corrected chi connectivity index (χ1v) is 10.7. The van der Waals surface area contributed by atoms with E-state index < -0.39 is 17.7 Å². The molecule has 0 saturated carbocycles. The van der Waals surface area contributed by atoms with Crippen LogP contribution in [0.25, 0.3) is 33.9 Å². The van der Waals surface area contributed by atoms with Gasteiger partial charge in [0.2, 0.25) is 5.89 Å². The SMILES string of the molecule is O=C(O)Cc1ccc2oc(-c3ccc(NC(=O)c4cc(-c5ccccc5Cl)on4)c(F)c3)nc2c1. The normalized spacial score (nSPS) is 11.0. The van der Waals surface area contributed by atoms with Crippen LogP contribution in [0.2, 0.25) is 5.02 Å². The molecule has 2 aromatic heterocycles. The molecule has 0 aliphatic carbocycles. The first-order chi connectivity index (χ1) is 16.9. The molecular formula is C25H15ClFN3O5. The fourth-order valence-corrected chi connectivity index (χ4v) is 3.72. The van der Waals surface area contributed by atoms with Crippen molar-refractivity contribution in [2.75, 3.05) is 5.32 Å². The third-order valence-electron chi connectivity index (χ3n) is 5.15. The van der Waals surface area contributed by atoms with Gasteiger partial charge in [0.05, 0.1) is 17.1 Å². The zero-order valence-corrected chi connectivity index (χ0v) is 18.5. The second kappa shape index (κ2) is 9.03. The van der Waals surface area contributed by atoms with E-state index in [1.54, 1.807) is 48.5 Å². The second-order valence-corrected chi connectivity index (χ2v) is 8.00. The first-order valence-electron chi connectivity index (χ1n) is 10.3. The number of carbonyl (C=O) groups excluding carboxylic acids is 1. The lowest BCUT2D eigenvalue weighted by atomic mass is 10.1. The number of carboxylic acids is 1. The number of fused-ring (bicyclic) bond motifs is 1. The molecule has 2 heterocycles. The summed E-state index contributed by atoms with van der Waals surface area (Å²) in [6, 6.07) is 17.3. The molecule has 0 unspecified atom stereocenters. The highest BCUT2D eigenvalue weighted by Crippen LogP contribution is 2.30. The number of oxazole rings is 1. The summed E-state index contributed by atoms with van der Waals surface area (Å²) in [6.07, 6.45) is -0.146. The van der Waals surface area contributed by atoms with Gasteiger partial charge in [-0.15, -0.1) is 0 Å². The maximum atomic E-state index is 14.8. The lowest BCUT2D eigenvalue weighted by Crippen LogP contribution is -2.13. The van der Waals surface area contributed by atoms with Crippen LogP contribution in [0.5, 0.6) is 0 Å². The number of nitrogens with one attached hydrogen (secondary N) is 1. The average Bonchev–Trinajstić information content (AvgIpc) is 3.47. The topological polar surface area (TPSA) is 118 Å². The Kier molecular flexibility index (Phi) is 5.76. The first kappa shape index (κ1) is 22.3. The Bertz CT molecular complexity index is 1590. The molecule has 35 heavy (non-hydrogen) atoms. The Balaban J connectivity index is 1.35. The molecule has 5 aromatic rings. The molecule has 0 atom stereocenters. The Hall–Kier alpha value is -4.50. The van der Waals surface area contributed by atoms with Crippen LogP contribution in [0.3, 0.4) is 0 Å². The van der Waals surface area contributed by atoms with Gasteiger partial charge in [-0.25, -0.2) is 9.37 Å². The Morgan fingerprint density at radius 3 is 2.66 bits per heavy atom. The third kappa shape index (κ3) is 4.62. The number of anilines is 1. The van der Waals surface area contributed by atoms with E-state index in [0.717, 1.165) is 0 Å². The van der Waals surface area contributed by atoms with E-state index in [4.69, 9.17) is 25.6 Å². The van der Waals surface area contributed by atoms with Gasteiger partial charge in [0.25, 0.3) is 5.91 Å². The van der Waals surface area contributed by atoms with Crippen molar-refractivity contribution in [3.05, 3.63) is 88.8 Å². The molecule has 0 spiro atoms. The van der Waals surface area contributed by atoms with Crippen LogP contribution < -0.4 is 5.32 Å². The van der Waals surface area contributed by atoms with E-state index in [1.807, 2.05) is 0 Å². The zero-order chi connectivity index (χ0) is 24.5. The number of nitrogens with zero attached hydrogens (tertiary/aromatic N) is 2. The molecule has 3 aromatic carbocycles. The van der Waals surface area contributed by atoms with Gasteiger partial charge < -0.3 is 19.4 Å². The number of hydrogen-bond acceptors (Lipinski definition) is 6. The van der Waals surface area contributed by atoms with Gasteiger partial charge in [-0.2, -0.15) is 0 Å². The molecule has 174 valence electrons. The predicted molar refractivity (Wildman–Crippen MR) is 126 cm³/mol. The Labute approximate surface area is 201 Å². The number of hydrogen-bond donors (Lipinski definition) is 2. The molecule has 0 radical (unpaired) electrons. The molecule has 0 fully saturated rings. The van der Waals surface area contributed by atoms with E-state index >= 15 is 0 Å². The lowest BCUT2D eigenvalue weighted by Gasteiger charge is -2.05. The number of carboxylic acid groups (broad SMARTS) is 1. The van der Waals surface area contributed by atoms with Crippen LogP contribution in [0, 0.1) is 5.82 Å². The van der Waals surface area contributed by atoms with Crippen molar-refractivity contribution in [3.63, 3.8) is 0 Å². The largest absolute Gasteiger partial charge is 0.481 e. The van der Waals surface area contributed by atoms with Gasteiger partial charge >= 0.3 is 5.97 Å². The van der Waals surface area contributed by atoms with Crippen molar-refractivity contribution >= 4 is 40.3 Å². The van der Waals surface area contributed by atoms with Gasteiger partial charge in [-0.3, -0.25) is 9.59 Å². The minimum absolute atomic E-state index is 0.0421. The summed E-state index contributed by atoms with van der Waals surface area (Å²) >= 11 is 6.14. The number of rotatable bonds is 6. The number of aromatic nitrogens is 2. The Morgan fingerprint density at radius 1 is 1.06 bits per heavy atom. The highest BCUT2D eigenvalue weighted by molar-refractivity contribution is 6.33. The summed E-state index contributed by atoms with van der Waals surface area (Å²) in [5.74, 6) is -1.87. The molecule has 0 aliphatic heterocycles. The van der Waals surface area contributed by atoms with Crippen LogP contribution >= 0.6 is 11.6 Å². The smallest absolute Gasteiger partial charge is 0.307 e. The quantitative estimate of drug-likeness (QED) is 0.307. The zero-order valence-electron chi connectivity index (χ0n) is 17.8. The highest BCUT2D eigenvalue weighted by atomic mass is 35.5. The number of aliphatic carboxylic acids is 1. The molecule has 0 bridgehead atoms. The van der Waals surface area contributed by atoms with Crippen molar-refractivity contribution in [2.45, 2.75) is 6.42 Å². The van der Waals surface area contributed by atoms with Gasteiger partial charge in [0.15, 0.2) is 17.0 Å². The molecule has 5 rings (SSSR count). The number of carbonyl (C=O) groups is 2. The van der Waals surface area contributed by atoms with Gasteiger partial charge in [0.1, 0.15) is 11.3 Å². The third-order valence-corrected chi connectivity index (χ3v) is 5.48. The summed E-state index contributed by atoms with van der Waals surface area (Å²) in [5.41, 5.74) is 2.27.